The molecule has 0 saturated heterocycles. The summed E-state index contributed by atoms with van der Waals surface area (Å²) in [6, 6.07) is -4.73. The molecule has 1 rings (SSSR count). The number of carboxylic acids is 1. The van der Waals surface area contributed by atoms with E-state index in [2.05, 4.69) is 38.5 Å². The Bertz CT molecular complexity index is 763. The molecule has 5 atom stereocenters. The summed E-state index contributed by atoms with van der Waals surface area (Å²) in [6.45, 7) is 1.30. The zero-order valence-electron chi connectivity index (χ0n) is 17.8. The van der Waals surface area contributed by atoms with Gasteiger partial charge in [-0.05, 0) is 25.4 Å². The van der Waals surface area contributed by atoms with Gasteiger partial charge in [-0.25, -0.2) is 9.78 Å². The van der Waals surface area contributed by atoms with E-state index in [9.17, 15) is 29.4 Å². The molecule has 1 aromatic heterocycles. The van der Waals surface area contributed by atoms with Gasteiger partial charge in [0.15, 0.2) is 0 Å². The van der Waals surface area contributed by atoms with Crippen LogP contribution in [-0.2, 0) is 25.6 Å². The second kappa shape index (κ2) is 14.0. The van der Waals surface area contributed by atoms with E-state index in [0.717, 1.165) is 0 Å². The summed E-state index contributed by atoms with van der Waals surface area (Å²) < 4.78 is 0. The van der Waals surface area contributed by atoms with Crippen LogP contribution in [0.1, 0.15) is 19.0 Å². The molecular weight excluding hydrogens is 460 g/mol. The van der Waals surface area contributed by atoms with Crippen LogP contribution in [-0.4, -0.2) is 91.9 Å². The summed E-state index contributed by atoms with van der Waals surface area (Å²) >= 11 is 5.36. The molecule has 0 fully saturated rings. The number of rotatable bonds is 14. The molecule has 0 aromatic carbocycles. The van der Waals surface area contributed by atoms with E-state index in [-0.39, 0.29) is 18.6 Å². The number of nitrogens with two attached hydrogens (primary N) is 1. The lowest BCUT2D eigenvalue weighted by Gasteiger charge is -2.26. The minimum absolute atomic E-state index is 0.0247. The number of H-pyrrole nitrogens is 1. The maximum Gasteiger partial charge on any atom is 0.326 e. The van der Waals surface area contributed by atoms with Crippen molar-refractivity contribution in [1.82, 2.24) is 25.9 Å². The lowest BCUT2D eigenvalue weighted by atomic mass is 10.1. The van der Waals surface area contributed by atoms with Crippen molar-refractivity contribution in [3.05, 3.63) is 18.2 Å². The molecule has 0 spiro atoms. The van der Waals surface area contributed by atoms with Gasteiger partial charge in [-0.3, -0.25) is 14.4 Å². The van der Waals surface area contributed by atoms with Gasteiger partial charge in [-0.15, -0.1) is 0 Å². The number of nitrogens with one attached hydrogen (secondary N) is 4. The smallest absolute Gasteiger partial charge is 0.326 e. The average Bonchev–Trinajstić information content (AvgIpc) is 3.25. The minimum atomic E-state index is -1.39. The molecule has 8 N–H and O–H groups in total. The lowest BCUT2D eigenvalue weighted by Crippen LogP contribution is -2.60. The van der Waals surface area contributed by atoms with Gasteiger partial charge in [-0.2, -0.15) is 24.4 Å². The Hall–Kier alpha value is -2.29. The fourth-order valence-corrected chi connectivity index (χ4v) is 3.24. The van der Waals surface area contributed by atoms with Gasteiger partial charge in [0.25, 0.3) is 0 Å². The largest absolute Gasteiger partial charge is 0.480 e. The highest BCUT2D eigenvalue weighted by atomic mass is 32.2. The molecule has 0 saturated carbocycles. The number of aromatic nitrogens is 2. The van der Waals surface area contributed by atoms with Crippen LogP contribution in [0.25, 0.3) is 0 Å². The summed E-state index contributed by atoms with van der Waals surface area (Å²) in [7, 11) is 0. The molecule has 0 aliphatic carbocycles. The van der Waals surface area contributed by atoms with E-state index >= 15 is 0 Å². The van der Waals surface area contributed by atoms with Gasteiger partial charge in [0.2, 0.25) is 17.7 Å². The molecule has 0 radical (unpaired) electrons. The van der Waals surface area contributed by atoms with Gasteiger partial charge in [-0.1, -0.05) is 0 Å². The fourth-order valence-electron chi connectivity index (χ4n) is 2.60. The van der Waals surface area contributed by atoms with Crippen LogP contribution in [0.4, 0.5) is 0 Å². The van der Waals surface area contributed by atoms with Crippen LogP contribution in [0.2, 0.25) is 0 Å². The first-order valence-corrected chi connectivity index (χ1v) is 11.8. The number of nitrogens with zero attached hydrogens (tertiary/aromatic N) is 1. The molecular formula is C18H30N6O6S2. The van der Waals surface area contributed by atoms with Crippen molar-refractivity contribution in [3.63, 3.8) is 0 Å². The van der Waals surface area contributed by atoms with Crippen molar-refractivity contribution in [2.24, 2.45) is 5.73 Å². The van der Waals surface area contributed by atoms with Crippen LogP contribution < -0.4 is 21.7 Å². The fraction of sp³-hybridized carbons (Fsp3) is 0.611. The van der Waals surface area contributed by atoms with Crippen molar-refractivity contribution in [1.29, 1.82) is 0 Å². The third-order valence-corrected chi connectivity index (χ3v) is 5.47. The number of imidazole rings is 1. The van der Waals surface area contributed by atoms with Gasteiger partial charge < -0.3 is 36.9 Å². The number of amides is 3. The first-order chi connectivity index (χ1) is 15.1. The molecule has 180 valence electrons. The Morgan fingerprint density at radius 2 is 1.84 bits per heavy atom. The van der Waals surface area contributed by atoms with Crippen LogP contribution in [0, 0.1) is 0 Å². The quantitative estimate of drug-likeness (QED) is 0.134. The lowest BCUT2D eigenvalue weighted by molar-refractivity contribution is -0.142. The normalized spacial score (nSPS) is 15.7. The van der Waals surface area contributed by atoms with Crippen molar-refractivity contribution >= 4 is 48.1 Å². The summed E-state index contributed by atoms with van der Waals surface area (Å²) in [5.74, 6) is -2.93. The molecule has 1 aromatic rings. The molecule has 1 heterocycles. The van der Waals surface area contributed by atoms with Crippen molar-refractivity contribution in [3.8, 4) is 0 Å². The molecule has 0 aliphatic heterocycles. The molecule has 5 unspecified atom stereocenters. The number of aliphatic hydroxyl groups excluding tert-OH is 1. The van der Waals surface area contributed by atoms with Gasteiger partial charge in [0, 0.05) is 24.1 Å². The van der Waals surface area contributed by atoms with Crippen LogP contribution in [0.5, 0.6) is 0 Å². The first kappa shape index (κ1) is 27.7. The van der Waals surface area contributed by atoms with E-state index in [0.29, 0.717) is 11.4 Å². The Morgan fingerprint density at radius 1 is 1.19 bits per heavy atom. The van der Waals surface area contributed by atoms with E-state index < -0.39 is 54.0 Å². The zero-order valence-corrected chi connectivity index (χ0v) is 19.5. The SMILES string of the molecule is CSCCC(NC(=O)C(Cc1cnc[nH]1)NC(=O)C(NC(=O)C(N)CS)C(C)O)C(=O)O. The number of carbonyl (C=O) groups is 4. The summed E-state index contributed by atoms with van der Waals surface area (Å²) in [4.78, 5) is 55.8. The number of carbonyl (C=O) groups excluding carboxylic acids is 3. The Balaban J connectivity index is 3.01. The minimum Gasteiger partial charge on any atom is -0.480 e. The number of hydrogen-bond donors (Lipinski definition) is 8. The maximum absolute atomic E-state index is 12.8. The van der Waals surface area contributed by atoms with Crippen LogP contribution in [0.15, 0.2) is 12.5 Å². The molecule has 3 amide bonds. The van der Waals surface area contributed by atoms with Gasteiger partial charge in [0.05, 0.1) is 18.5 Å². The average molecular weight is 491 g/mol. The molecule has 14 heteroatoms. The number of aliphatic hydroxyl groups is 1. The standard InChI is InChI=1S/C18H30N6O6S2/c1-9(25)14(24-15(26)11(19)7-31)17(28)23-13(5-10-6-20-8-21-10)16(27)22-12(18(29)30)3-4-32-2/h6,8-9,11-14,25,31H,3-5,7,19H2,1-2H3,(H,20,21)(H,22,27)(H,23,28)(H,24,26)(H,29,30). The Morgan fingerprint density at radius 3 is 2.34 bits per heavy atom. The monoisotopic (exact) mass is 490 g/mol. The molecule has 0 aliphatic rings. The highest BCUT2D eigenvalue weighted by Gasteiger charge is 2.32. The first-order valence-electron chi connectivity index (χ1n) is 9.75. The number of aromatic amines is 1. The molecule has 0 bridgehead atoms. The number of hydrogen-bond acceptors (Lipinski definition) is 9. The van der Waals surface area contributed by atoms with Crippen molar-refractivity contribution < 1.29 is 29.4 Å². The molecule has 32 heavy (non-hydrogen) atoms. The number of thioether (sulfide) groups is 1. The van der Waals surface area contributed by atoms with Gasteiger partial charge in [0.1, 0.15) is 18.1 Å². The second-order valence-corrected chi connectivity index (χ2v) is 8.39. The predicted molar refractivity (Wildman–Crippen MR) is 122 cm³/mol. The maximum atomic E-state index is 12.8. The number of thiol groups is 1. The van der Waals surface area contributed by atoms with Crippen molar-refractivity contribution in [2.45, 2.75) is 50.0 Å². The second-order valence-electron chi connectivity index (χ2n) is 7.04. The van der Waals surface area contributed by atoms with E-state index in [4.69, 9.17) is 5.73 Å². The predicted octanol–water partition coefficient (Wildman–Crippen LogP) is -2.12. The van der Waals surface area contributed by atoms with Crippen LogP contribution >= 0.6 is 24.4 Å². The highest BCUT2D eigenvalue weighted by Crippen LogP contribution is 2.05. The van der Waals surface area contributed by atoms with E-state index in [1.807, 2.05) is 6.26 Å². The highest BCUT2D eigenvalue weighted by molar-refractivity contribution is 7.98. The van der Waals surface area contributed by atoms with Crippen LogP contribution in [0.3, 0.4) is 0 Å². The van der Waals surface area contributed by atoms with E-state index in [1.54, 1.807) is 0 Å². The number of carboxylic acid groups (broad SMARTS) is 1. The summed E-state index contributed by atoms with van der Waals surface area (Å²) in [5, 5.41) is 26.6. The topological polar surface area (TPSA) is 200 Å². The third-order valence-electron chi connectivity index (χ3n) is 4.43. The summed E-state index contributed by atoms with van der Waals surface area (Å²) in [6.07, 6.45) is 3.53. The third kappa shape index (κ3) is 9.06. The van der Waals surface area contributed by atoms with Gasteiger partial charge >= 0.3 is 5.97 Å². The van der Waals surface area contributed by atoms with Crippen molar-refractivity contribution in [2.75, 3.05) is 17.8 Å². The Labute approximate surface area is 195 Å². The Kier molecular flexibility index (Phi) is 12.1. The molecule has 12 nitrogen and oxygen atoms in total. The summed E-state index contributed by atoms with van der Waals surface area (Å²) in [5.41, 5.74) is 6.10. The number of aliphatic carboxylic acids is 1. The van der Waals surface area contributed by atoms with E-state index in [1.165, 1.54) is 31.2 Å². The zero-order chi connectivity index (χ0) is 24.3.